The summed E-state index contributed by atoms with van der Waals surface area (Å²) < 4.78 is 11.0. The van der Waals surface area contributed by atoms with Crippen molar-refractivity contribution in [3.05, 3.63) is 23.8 Å². The van der Waals surface area contributed by atoms with Crippen LogP contribution >= 0.6 is 11.8 Å². The second-order valence-corrected chi connectivity index (χ2v) is 6.84. The third kappa shape index (κ3) is 5.24. The van der Waals surface area contributed by atoms with Gasteiger partial charge in [-0.05, 0) is 24.3 Å². The molecular formula is C13H19NO3S2. The molecule has 1 aromatic carbocycles. The molecule has 0 saturated carbocycles. The monoisotopic (exact) mass is 301 g/mol. The molecule has 0 heterocycles. The molecule has 0 spiro atoms. The van der Waals surface area contributed by atoms with E-state index in [2.05, 4.69) is 5.32 Å². The largest absolute Gasteiger partial charge is 0.478 e. The van der Waals surface area contributed by atoms with Crippen molar-refractivity contribution in [2.45, 2.75) is 18.2 Å². The smallest absolute Gasteiger partial charge is 0.338 e. The summed E-state index contributed by atoms with van der Waals surface area (Å²) in [6.45, 7) is 2.62. The van der Waals surface area contributed by atoms with Crippen LogP contribution in [0.1, 0.15) is 23.7 Å². The predicted molar refractivity (Wildman–Crippen MR) is 81.8 cm³/mol. The summed E-state index contributed by atoms with van der Waals surface area (Å²) in [6.07, 6.45) is 2.43. The molecule has 1 rings (SSSR count). The van der Waals surface area contributed by atoms with E-state index < -0.39 is 16.8 Å². The quantitative estimate of drug-likeness (QED) is 0.571. The molecular weight excluding hydrogens is 282 g/mol. The van der Waals surface area contributed by atoms with Gasteiger partial charge in [-0.3, -0.25) is 4.21 Å². The summed E-state index contributed by atoms with van der Waals surface area (Å²) in [6, 6.07) is 5.45. The number of hydrogen-bond donors (Lipinski definition) is 2. The molecule has 0 amide bonds. The molecule has 0 fully saturated rings. The molecule has 106 valence electrons. The SMILES string of the molecule is CCSc1cccc(NCCCS(C)=O)c1C(=O)O. The van der Waals surface area contributed by atoms with E-state index in [1.807, 2.05) is 19.1 Å². The van der Waals surface area contributed by atoms with Crippen LogP contribution in [0.25, 0.3) is 0 Å². The molecule has 0 radical (unpaired) electrons. The van der Waals surface area contributed by atoms with Crippen molar-refractivity contribution in [3.8, 4) is 0 Å². The number of carboxylic acids is 1. The molecule has 19 heavy (non-hydrogen) atoms. The lowest BCUT2D eigenvalue weighted by Gasteiger charge is -2.12. The standard InChI is InChI=1S/C13H19NO3S2/c1-3-18-11-7-4-6-10(12(11)13(15)16)14-8-5-9-19(2)17/h4,6-7,14H,3,5,8-9H2,1-2H3,(H,15,16). The highest BCUT2D eigenvalue weighted by molar-refractivity contribution is 7.99. The summed E-state index contributed by atoms with van der Waals surface area (Å²) in [5.74, 6) is 0.537. The Balaban J connectivity index is 2.78. The average Bonchev–Trinajstić information content (AvgIpc) is 2.34. The van der Waals surface area contributed by atoms with Crippen molar-refractivity contribution in [2.24, 2.45) is 0 Å². The van der Waals surface area contributed by atoms with Gasteiger partial charge in [0.15, 0.2) is 0 Å². The zero-order valence-corrected chi connectivity index (χ0v) is 12.8. The van der Waals surface area contributed by atoms with Crippen LogP contribution in [0, 0.1) is 0 Å². The first-order valence-corrected chi connectivity index (χ1v) is 8.80. The van der Waals surface area contributed by atoms with E-state index in [0.717, 1.165) is 17.1 Å². The summed E-state index contributed by atoms with van der Waals surface area (Å²) in [5, 5.41) is 12.4. The Morgan fingerprint density at radius 2 is 2.21 bits per heavy atom. The van der Waals surface area contributed by atoms with Gasteiger partial charge in [0.1, 0.15) is 0 Å². The van der Waals surface area contributed by atoms with Crippen LogP contribution in [0.2, 0.25) is 0 Å². The fraction of sp³-hybridized carbons (Fsp3) is 0.462. The van der Waals surface area contributed by atoms with E-state index in [1.54, 1.807) is 12.3 Å². The zero-order valence-electron chi connectivity index (χ0n) is 11.1. The predicted octanol–water partition coefficient (Wildman–Crippen LogP) is 2.68. The van der Waals surface area contributed by atoms with Crippen LogP contribution in [0.4, 0.5) is 5.69 Å². The first-order valence-electron chi connectivity index (χ1n) is 6.09. The van der Waals surface area contributed by atoms with Gasteiger partial charge in [-0.2, -0.15) is 0 Å². The molecule has 0 bridgehead atoms. The molecule has 2 N–H and O–H groups in total. The van der Waals surface area contributed by atoms with Gasteiger partial charge in [0, 0.05) is 39.9 Å². The highest BCUT2D eigenvalue weighted by atomic mass is 32.2. The van der Waals surface area contributed by atoms with Crippen molar-refractivity contribution in [2.75, 3.05) is 29.6 Å². The van der Waals surface area contributed by atoms with Crippen LogP contribution < -0.4 is 5.32 Å². The number of carbonyl (C=O) groups is 1. The molecule has 1 unspecified atom stereocenters. The Labute approximate surface area is 120 Å². The van der Waals surface area contributed by atoms with Gasteiger partial charge < -0.3 is 10.4 Å². The highest BCUT2D eigenvalue weighted by Crippen LogP contribution is 2.28. The number of rotatable bonds is 8. The first-order chi connectivity index (χ1) is 9.06. The summed E-state index contributed by atoms with van der Waals surface area (Å²) in [4.78, 5) is 12.1. The maximum absolute atomic E-state index is 11.4. The maximum atomic E-state index is 11.4. The molecule has 6 heteroatoms. The summed E-state index contributed by atoms with van der Waals surface area (Å²) in [7, 11) is -0.805. The molecule has 0 aliphatic heterocycles. The van der Waals surface area contributed by atoms with E-state index in [0.29, 0.717) is 23.5 Å². The van der Waals surface area contributed by atoms with Crippen LogP contribution in [-0.2, 0) is 10.8 Å². The Morgan fingerprint density at radius 1 is 1.47 bits per heavy atom. The van der Waals surface area contributed by atoms with Gasteiger partial charge in [-0.1, -0.05) is 13.0 Å². The molecule has 4 nitrogen and oxygen atoms in total. The number of thioether (sulfide) groups is 1. The van der Waals surface area contributed by atoms with Crippen molar-refractivity contribution in [3.63, 3.8) is 0 Å². The zero-order chi connectivity index (χ0) is 14.3. The van der Waals surface area contributed by atoms with E-state index >= 15 is 0 Å². The Morgan fingerprint density at radius 3 is 2.79 bits per heavy atom. The number of carboxylic acid groups (broad SMARTS) is 1. The topological polar surface area (TPSA) is 66.4 Å². The number of anilines is 1. The van der Waals surface area contributed by atoms with Crippen LogP contribution in [-0.4, -0.2) is 39.6 Å². The van der Waals surface area contributed by atoms with Crippen molar-refractivity contribution in [1.82, 2.24) is 0 Å². The minimum atomic E-state index is -0.918. The Hall–Kier alpha value is -1.01. The van der Waals surface area contributed by atoms with Crippen LogP contribution in [0.5, 0.6) is 0 Å². The van der Waals surface area contributed by atoms with E-state index in [4.69, 9.17) is 0 Å². The van der Waals surface area contributed by atoms with Crippen molar-refractivity contribution in [1.29, 1.82) is 0 Å². The Kier molecular flexibility index (Phi) is 6.94. The fourth-order valence-corrected chi connectivity index (χ4v) is 3.05. The van der Waals surface area contributed by atoms with Gasteiger partial charge >= 0.3 is 5.97 Å². The number of hydrogen-bond acceptors (Lipinski definition) is 4. The van der Waals surface area contributed by atoms with Gasteiger partial charge in [-0.15, -0.1) is 11.8 Å². The van der Waals surface area contributed by atoms with E-state index in [1.165, 1.54) is 11.8 Å². The maximum Gasteiger partial charge on any atom is 0.338 e. The van der Waals surface area contributed by atoms with Gasteiger partial charge in [0.05, 0.1) is 5.56 Å². The molecule has 0 aliphatic carbocycles. The van der Waals surface area contributed by atoms with Crippen molar-refractivity contribution >= 4 is 34.2 Å². The summed E-state index contributed by atoms with van der Waals surface area (Å²) >= 11 is 1.52. The molecule has 1 atom stereocenters. The van der Waals surface area contributed by atoms with Gasteiger partial charge in [0.2, 0.25) is 0 Å². The van der Waals surface area contributed by atoms with Crippen LogP contribution in [0.15, 0.2) is 23.1 Å². The minimum Gasteiger partial charge on any atom is -0.478 e. The fourth-order valence-electron chi connectivity index (χ4n) is 1.67. The van der Waals surface area contributed by atoms with Gasteiger partial charge in [0.25, 0.3) is 0 Å². The lowest BCUT2D eigenvalue weighted by molar-refractivity contribution is 0.0694. The molecule has 0 aliphatic rings. The lowest BCUT2D eigenvalue weighted by Crippen LogP contribution is -2.10. The first kappa shape index (κ1) is 16.0. The van der Waals surface area contributed by atoms with Crippen LogP contribution in [0.3, 0.4) is 0 Å². The second-order valence-electron chi connectivity index (χ2n) is 3.97. The molecule has 1 aromatic rings. The Bertz CT molecular complexity index is 463. The van der Waals surface area contributed by atoms with Crippen molar-refractivity contribution < 1.29 is 14.1 Å². The third-order valence-corrected chi connectivity index (χ3v) is 4.27. The van der Waals surface area contributed by atoms with E-state index in [-0.39, 0.29) is 0 Å². The normalized spacial score (nSPS) is 12.1. The third-order valence-electron chi connectivity index (χ3n) is 2.46. The average molecular weight is 301 g/mol. The molecule has 0 saturated heterocycles. The minimum absolute atomic E-state index is 0.326. The number of nitrogens with one attached hydrogen (secondary N) is 1. The van der Waals surface area contributed by atoms with Gasteiger partial charge in [-0.25, -0.2) is 4.79 Å². The number of benzene rings is 1. The van der Waals surface area contributed by atoms with E-state index in [9.17, 15) is 14.1 Å². The molecule has 0 aromatic heterocycles. The highest BCUT2D eigenvalue weighted by Gasteiger charge is 2.15. The second kappa shape index (κ2) is 8.22. The summed E-state index contributed by atoms with van der Waals surface area (Å²) in [5.41, 5.74) is 0.958. The number of aromatic carboxylic acids is 1. The lowest BCUT2D eigenvalue weighted by atomic mass is 10.1.